The molecule has 17 heavy (non-hydrogen) atoms. The minimum atomic E-state index is -0.220. The third-order valence-electron chi connectivity index (χ3n) is 2.19. The Kier molecular flexibility index (Phi) is 3.34. The van der Waals surface area contributed by atoms with Crippen LogP contribution in [0.2, 0.25) is 0 Å². The fraction of sp³-hybridized carbons (Fsp3) is 0.182. The maximum atomic E-state index is 11.8. The molecule has 0 saturated carbocycles. The van der Waals surface area contributed by atoms with Crippen LogP contribution in [0.1, 0.15) is 10.5 Å². The average Bonchev–Trinajstić information content (AvgIpc) is 2.83. The van der Waals surface area contributed by atoms with Crippen molar-refractivity contribution < 1.29 is 4.79 Å². The van der Waals surface area contributed by atoms with Crippen molar-refractivity contribution in [3.63, 3.8) is 0 Å². The number of hydrogen-bond donors (Lipinski definition) is 1. The van der Waals surface area contributed by atoms with Crippen LogP contribution in [-0.4, -0.2) is 30.0 Å². The lowest BCUT2D eigenvalue weighted by Gasteiger charge is -2.16. The first-order chi connectivity index (χ1) is 8.18. The summed E-state index contributed by atoms with van der Waals surface area (Å²) in [6, 6.07) is 1.84. The Hall–Kier alpha value is -1.95. The molecule has 2 aromatic heterocycles. The van der Waals surface area contributed by atoms with Crippen molar-refractivity contribution in [3.8, 4) is 0 Å². The van der Waals surface area contributed by atoms with Gasteiger partial charge in [0.05, 0.1) is 23.1 Å². The van der Waals surface area contributed by atoms with Crippen LogP contribution in [0.3, 0.4) is 0 Å². The molecule has 0 aromatic carbocycles. The Bertz CT molecular complexity index is 510. The van der Waals surface area contributed by atoms with Crippen LogP contribution < -0.4 is 10.2 Å². The van der Waals surface area contributed by atoms with E-state index in [2.05, 4.69) is 15.3 Å². The van der Waals surface area contributed by atoms with Crippen molar-refractivity contribution >= 4 is 28.6 Å². The summed E-state index contributed by atoms with van der Waals surface area (Å²) in [6.07, 6.45) is 3.31. The molecular formula is C11H12N4OS. The van der Waals surface area contributed by atoms with Gasteiger partial charge >= 0.3 is 0 Å². The van der Waals surface area contributed by atoms with Gasteiger partial charge in [-0.05, 0) is 6.07 Å². The standard InChI is InChI=1S/C11H12N4OS/c1-15(2)10-3-4-12-5-8(10)14-11(16)9-6-17-7-13-9/h3-7H,1-2H3,(H,14,16). The maximum absolute atomic E-state index is 11.8. The molecule has 0 aliphatic carbocycles. The summed E-state index contributed by atoms with van der Waals surface area (Å²) in [5.41, 5.74) is 3.63. The fourth-order valence-corrected chi connectivity index (χ4v) is 1.92. The van der Waals surface area contributed by atoms with Crippen molar-refractivity contribution in [3.05, 3.63) is 35.0 Å². The normalized spacial score (nSPS) is 10.0. The number of nitrogens with zero attached hydrogens (tertiary/aromatic N) is 3. The number of aromatic nitrogens is 2. The van der Waals surface area contributed by atoms with E-state index in [1.807, 2.05) is 25.1 Å². The molecular weight excluding hydrogens is 236 g/mol. The number of thiazole rings is 1. The zero-order chi connectivity index (χ0) is 12.3. The molecule has 2 rings (SSSR count). The highest BCUT2D eigenvalue weighted by atomic mass is 32.1. The summed E-state index contributed by atoms with van der Waals surface area (Å²) in [7, 11) is 3.82. The van der Waals surface area contributed by atoms with Gasteiger partial charge in [-0.1, -0.05) is 0 Å². The van der Waals surface area contributed by atoms with Crippen LogP contribution in [0.25, 0.3) is 0 Å². The highest BCUT2D eigenvalue weighted by Gasteiger charge is 2.11. The summed E-state index contributed by atoms with van der Waals surface area (Å²) in [5.74, 6) is -0.220. The van der Waals surface area contributed by atoms with Crippen molar-refractivity contribution in [1.29, 1.82) is 0 Å². The number of carbonyl (C=O) groups excluding carboxylic acids is 1. The van der Waals surface area contributed by atoms with Gasteiger partial charge in [0.2, 0.25) is 0 Å². The lowest BCUT2D eigenvalue weighted by Crippen LogP contribution is -2.17. The molecule has 0 aliphatic rings. The summed E-state index contributed by atoms with van der Waals surface area (Å²) in [4.78, 5) is 21.7. The second-order valence-corrected chi connectivity index (χ2v) is 4.33. The van der Waals surface area contributed by atoms with Crippen molar-refractivity contribution in [1.82, 2.24) is 9.97 Å². The molecule has 0 aliphatic heterocycles. The lowest BCUT2D eigenvalue weighted by molar-refractivity contribution is 0.102. The first-order valence-electron chi connectivity index (χ1n) is 4.99. The second kappa shape index (κ2) is 4.92. The smallest absolute Gasteiger partial charge is 0.275 e. The van der Waals surface area contributed by atoms with Crippen LogP contribution in [0.15, 0.2) is 29.4 Å². The van der Waals surface area contributed by atoms with Gasteiger partial charge in [-0.3, -0.25) is 9.78 Å². The SMILES string of the molecule is CN(C)c1ccncc1NC(=O)c1cscn1. The van der Waals surface area contributed by atoms with E-state index in [1.165, 1.54) is 11.3 Å². The highest BCUT2D eigenvalue weighted by molar-refractivity contribution is 7.07. The first kappa shape index (κ1) is 11.5. The molecule has 0 saturated heterocycles. The topological polar surface area (TPSA) is 58.1 Å². The van der Waals surface area contributed by atoms with E-state index < -0.39 is 0 Å². The number of pyridine rings is 1. The van der Waals surface area contributed by atoms with Gasteiger partial charge in [-0.25, -0.2) is 4.98 Å². The molecule has 88 valence electrons. The zero-order valence-corrected chi connectivity index (χ0v) is 10.4. The molecule has 0 bridgehead atoms. The van der Waals surface area contributed by atoms with Gasteiger partial charge in [-0.15, -0.1) is 11.3 Å². The Morgan fingerprint density at radius 1 is 1.47 bits per heavy atom. The third-order valence-corrected chi connectivity index (χ3v) is 2.78. The van der Waals surface area contributed by atoms with Gasteiger partial charge in [0.1, 0.15) is 5.69 Å². The number of amides is 1. The second-order valence-electron chi connectivity index (χ2n) is 3.62. The molecule has 0 atom stereocenters. The Balaban J connectivity index is 2.22. The molecule has 1 N–H and O–H groups in total. The number of rotatable bonds is 3. The summed E-state index contributed by atoms with van der Waals surface area (Å²) < 4.78 is 0. The predicted molar refractivity (Wildman–Crippen MR) is 68.6 cm³/mol. The molecule has 1 amide bonds. The quantitative estimate of drug-likeness (QED) is 0.900. The van der Waals surface area contributed by atoms with Gasteiger partial charge in [-0.2, -0.15) is 0 Å². The summed E-state index contributed by atoms with van der Waals surface area (Å²) >= 11 is 1.39. The number of nitrogens with one attached hydrogen (secondary N) is 1. The van der Waals surface area contributed by atoms with Gasteiger partial charge in [0.25, 0.3) is 5.91 Å². The number of carbonyl (C=O) groups is 1. The average molecular weight is 248 g/mol. The predicted octanol–water partition coefficient (Wildman–Crippen LogP) is 1.86. The van der Waals surface area contributed by atoms with E-state index in [1.54, 1.807) is 23.3 Å². The highest BCUT2D eigenvalue weighted by Crippen LogP contribution is 2.22. The van der Waals surface area contributed by atoms with Crippen LogP contribution in [0.4, 0.5) is 11.4 Å². The Morgan fingerprint density at radius 3 is 2.94 bits per heavy atom. The Labute approximate surface area is 103 Å². The molecule has 0 unspecified atom stereocenters. The molecule has 0 spiro atoms. The summed E-state index contributed by atoms with van der Waals surface area (Å²) in [5, 5.41) is 4.50. The lowest BCUT2D eigenvalue weighted by atomic mass is 10.3. The van der Waals surface area contributed by atoms with E-state index in [0.717, 1.165) is 5.69 Å². The van der Waals surface area contributed by atoms with Crippen LogP contribution in [0, 0.1) is 0 Å². The summed E-state index contributed by atoms with van der Waals surface area (Å²) in [6.45, 7) is 0. The van der Waals surface area contributed by atoms with Gasteiger partial charge < -0.3 is 10.2 Å². The monoisotopic (exact) mass is 248 g/mol. The van der Waals surface area contributed by atoms with E-state index in [9.17, 15) is 4.79 Å². The number of anilines is 2. The Morgan fingerprint density at radius 2 is 2.29 bits per heavy atom. The van der Waals surface area contributed by atoms with Crippen molar-refractivity contribution in [2.45, 2.75) is 0 Å². The van der Waals surface area contributed by atoms with Gasteiger partial charge in [0.15, 0.2) is 0 Å². The van der Waals surface area contributed by atoms with Gasteiger partial charge in [0, 0.05) is 25.7 Å². The largest absolute Gasteiger partial charge is 0.376 e. The van der Waals surface area contributed by atoms with Crippen LogP contribution in [-0.2, 0) is 0 Å². The molecule has 5 nitrogen and oxygen atoms in total. The third kappa shape index (κ3) is 2.59. The van der Waals surface area contributed by atoms with E-state index >= 15 is 0 Å². The molecule has 0 fully saturated rings. The number of hydrogen-bond acceptors (Lipinski definition) is 5. The molecule has 0 radical (unpaired) electrons. The minimum Gasteiger partial charge on any atom is -0.376 e. The minimum absolute atomic E-state index is 0.220. The van der Waals surface area contributed by atoms with E-state index in [0.29, 0.717) is 11.4 Å². The zero-order valence-electron chi connectivity index (χ0n) is 9.54. The van der Waals surface area contributed by atoms with Crippen molar-refractivity contribution in [2.24, 2.45) is 0 Å². The first-order valence-corrected chi connectivity index (χ1v) is 5.93. The molecule has 6 heteroatoms. The fourth-order valence-electron chi connectivity index (χ4n) is 1.38. The molecule has 2 heterocycles. The van der Waals surface area contributed by atoms with Crippen molar-refractivity contribution in [2.75, 3.05) is 24.3 Å². The molecule has 2 aromatic rings. The van der Waals surface area contributed by atoms with Crippen LogP contribution in [0.5, 0.6) is 0 Å². The maximum Gasteiger partial charge on any atom is 0.275 e. The van der Waals surface area contributed by atoms with E-state index in [4.69, 9.17) is 0 Å². The van der Waals surface area contributed by atoms with E-state index in [-0.39, 0.29) is 5.91 Å². The van der Waals surface area contributed by atoms with Crippen LogP contribution >= 0.6 is 11.3 Å².